The Hall–Kier alpha value is -2.22. The molecule has 0 aliphatic rings. The number of thioether (sulfide) groups is 1. The zero-order valence-electron chi connectivity index (χ0n) is 14.9. The van der Waals surface area contributed by atoms with E-state index in [1.165, 1.54) is 11.8 Å². The van der Waals surface area contributed by atoms with Gasteiger partial charge in [-0.25, -0.2) is 0 Å². The van der Waals surface area contributed by atoms with Crippen molar-refractivity contribution in [3.05, 3.63) is 30.1 Å². The van der Waals surface area contributed by atoms with Crippen LogP contribution in [0.25, 0.3) is 0 Å². The molecule has 1 heterocycles. The number of ether oxygens (including phenoxy) is 3. The standard InChI is InChI=1S/C17H23N3O4S/c1-5-20-16(18-19-17(20)25-11-15(21)23-6-2)12(3)24-14-9-7-13(22-4)8-10-14/h7-10,12H,5-6,11H2,1-4H3. The van der Waals surface area contributed by atoms with Gasteiger partial charge in [-0.05, 0) is 45.0 Å². The minimum absolute atomic E-state index is 0.208. The Kier molecular flexibility index (Phi) is 7.12. The summed E-state index contributed by atoms with van der Waals surface area (Å²) in [6, 6.07) is 7.37. The van der Waals surface area contributed by atoms with E-state index in [9.17, 15) is 4.79 Å². The van der Waals surface area contributed by atoms with Crippen LogP contribution < -0.4 is 9.47 Å². The molecule has 7 nitrogen and oxygen atoms in total. The predicted octanol–water partition coefficient (Wildman–Crippen LogP) is 3.10. The first kappa shape index (κ1) is 19.1. The van der Waals surface area contributed by atoms with Gasteiger partial charge in [0.05, 0.1) is 19.5 Å². The van der Waals surface area contributed by atoms with Crippen LogP contribution in [0.5, 0.6) is 11.5 Å². The fourth-order valence-corrected chi connectivity index (χ4v) is 3.05. The van der Waals surface area contributed by atoms with Crippen LogP contribution in [0.2, 0.25) is 0 Å². The SMILES string of the molecule is CCOC(=O)CSc1nnc(C(C)Oc2ccc(OC)cc2)n1CC. The van der Waals surface area contributed by atoms with Gasteiger partial charge in [0.2, 0.25) is 0 Å². The molecule has 0 saturated heterocycles. The Morgan fingerprint density at radius 2 is 1.88 bits per heavy atom. The number of aromatic nitrogens is 3. The summed E-state index contributed by atoms with van der Waals surface area (Å²) in [5, 5.41) is 9.08. The highest BCUT2D eigenvalue weighted by Gasteiger charge is 2.19. The summed E-state index contributed by atoms with van der Waals surface area (Å²) in [7, 11) is 1.62. The second kappa shape index (κ2) is 9.31. The normalized spacial score (nSPS) is 11.8. The molecule has 0 saturated carbocycles. The van der Waals surface area contributed by atoms with Crippen LogP contribution in [0.4, 0.5) is 0 Å². The summed E-state index contributed by atoms with van der Waals surface area (Å²) in [6.07, 6.45) is -0.280. The molecule has 136 valence electrons. The number of benzene rings is 1. The molecule has 25 heavy (non-hydrogen) atoms. The summed E-state index contributed by atoms with van der Waals surface area (Å²) in [5.41, 5.74) is 0. The fourth-order valence-electron chi connectivity index (χ4n) is 2.24. The zero-order chi connectivity index (χ0) is 18.2. The van der Waals surface area contributed by atoms with E-state index in [2.05, 4.69) is 10.2 Å². The van der Waals surface area contributed by atoms with Crippen molar-refractivity contribution in [1.29, 1.82) is 0 Å². The van der Waals surface area contributed by atoms with Crippen LogP contribution in [-0.4, -0.2) is 40.2 Å². The maximum atomic E-state index is 11.5. The number of methoxy groups -OCH3 is 1. The van der Waals surface area contributed by atoms with Crippen LogP contribution in [-0.2, 0) is 16.1 Å². The lowest BCUT2D eigenvalue weighted by molar-refractivity contribution is -0.139. The Bertz CT molecular complexity index is 688. The van der Waals surface area contributed by atoms with Crippen LogP contribution >= 0.6 is 11.8 Å². The average Bonchev–Trinajstić information content (AvgIpc) is 3.04. The van der Waals surface area contributed by atoms with E-state index in [4.69, 9.17) is 14.2 Å². The molecule has 0 N–H and O–H groups in total. The Balaban J connectivity index is 2.05. The first-order valence-electron chi connectivity index (χ1n) is 8.11. The third-order valence-electron chi connectivity index (χ3n) is 3.42. The third kappa shape index (κ3) is 5.12. The van der Waals surface area contributed by atoms with Crippen molar-refractivity contribution in [1.82, 2.24) is 14.8 Å². The molecule has 0 fully saturated rings. The lowest BCUT2D eigenvalue weighted by atomic mass is 10.3. The van der Waals surface area contributed by atoms with Gasteiger partial charge in [0, 0.05) is 6.54 Å². The van der Waals surface area contributed by atoms with Crippen molar-refractivity contribution >= 4 is 17.7 Å². The molecule has 0 radical (unpaired) electrons. The van der Waals surface area contributed by atoms with Crippen LogP contribution in [0.15, 0.2) is 29.4 Å². The summed E-state index contributed by atoms with van der Waals surface area (Å²) in [5.74, 6) is 2.15. The van der Waals surface area contributed by atoms with E-state index in [0.717, 1.165) is 11.5 Å². The van der Waals surface area contributed by atoms with Gasteiger partial charge in [-0.2, -0.15) is 0 Å². The monoisotopic (exact) mass is 365 g/mol. The van der Waals surface area contributed by atoms with Crippen molar-refractivity contribution in [3.63, 3.8) is 0 Å². The van der Waals surface area contributed by atoms with Crippen LogP contribution in [0.1, 0.15) is 32.7 Å². The minimum atomic E-state index is -0.280. The molecule has 1 atom stereocenters. The zero-order valence-corrected chi connectivity index (χ0v) is 15.7. The van der Waals surface area contributed by atoms with Crippen molar-refractivity contribution in [2.24, 2.45) is 0 Å². The summed E-state index contributed by atoms with van der Waals surface area (Å²) < 4.78 is 18.0. The molecule has 0 aliphatic heterocycles. The van der Waals surface area contributed by atoms with Gasteiger partial charge in [-0.1, -0.05) is 11.8 Å². The minimum Gasteiger partial charge on any atom is -0.497 e. The largest absolute Gasteiger partial charge is 0.497 e. The van der Waals surface area contributed by atoms with E-state index >= 15 is 0 Å². The number of nitrogens with zero attached hydrogens (tertiary/aromatic N) is 3. The predicted molar refractivity (Wildman–Crippen MR) is 95.1 cm³/mol. The molecular weight excluding hydrogens is 342 g/mol. The van der Waals surface area contributed by atoms with E-state index in [1.807, 2.05) is 42.7 Å². The number of hydrogen-bond donors (Lipinski definition) is 0. The number of carbonyl (C=O) groups is 1. The average molecular weight is 365 g/mol. The van der Waals surface area contributed by atoms with Gasteiger partial charge >= 0.3 is 5.97 Å². The van der Waals surface area contributed by atoms with Crippen LogP contribution in [0.3, 0.4) is 0 Å². The Morgan fingerprint density at radius 1 is 1.20 bits per heavy atom. The number of hydrogen-bond acceptors (Lipinski definition) is 7. The lowest BCUT2D eigenvalue weighted by Crippen LogP contribution is -2.12. The van der Waals surface area contributed by atoms with E-state index in [-0.39, 0.29) is 17.8 Å². The highest BCUT2D eigenvalue weighted by molar-refractivity contribution is 7.99. The fraction of sp³-hybridized carbons (Fsp3) is 0.471. The highest BCUT2D eigenvalue weighted by atomic mass is 32.2. The molecule has 2 aromatic rings. The molecule has 8 heteroatoms. The lowest BCUT2D eigenvalue weighted by Gasteiger charge is -2.15. The molecule has 2 rings (SSSR count). The van der Waals surface area contributed by atoms with Gasteiger partial charge in [0.25, 0.3) is 0 Å². The van der Waals surface area contributed by atoms with Gasteiger partial charge < -0.3 is 18.8 Å². The second-order valence-electron chi connectivity index (χ2n) is 5.11. The maximum absolute atomic E-state index is 11.5. The molecule has 1 aromatic carbocycles. The summed E-state index contributed by atoms with van der Waals surface area (Å²) >= 11 is 1.31. The van der Waals surface area contributed by atoms with E-state index in [1.54, 1.807) is 14.0 Å². The Morgan fingerprint density at radius 3 is 2.48 bits per heavy atom. The van der Waals surface area contributed by atoms with Crippen molar-refractivity contribution in [2.45, 2.75) is 38.6 Å². The molecule has 0 bridgehead atoms. The third-order valence-corrected chi connectivity index (χ3v) is 4.36. The van der Waals surface area contributed by atoms with Crippen LogP contribution in [0, 0.1) is 0 Å². The second-order valence-corrected chi connectivity index (χ2v) is 6.06. The number of esters is 1. The first-order chi connectivity index (χ1) is 12.1. The molecule has 1 aromatic heterocycles. The van der Waals surface area contributed by atoms with Gasteiger partial charge in [0.1, 0.15) is 11.5 Å². The van der Waals surface area contributed by atoms with Gasteiger partial charge in [-0.15, -0.1) is 10.2 Å². The first-order valence-corrected chi connectivity index (χ1v) is 9.09. The quantitative estimate of drug-likeness (QED) is 0.499. The van der Waals surface area contributed by atoms with Crippen molar-refractivity contribution in [3.8, 4) is 11.5 Å². The van der Waals surface area contributed by atoms with Crippen molar-refractivity contribution < 1.29 is 19.0 Å². The topological polar surface area (TPSA) is 75.5 Å². The molecule has 0 amide bonds. The molecular formula is C17H23N3O4S. The highest BCUT2D eigenvalue weighted by Crippen LogP contribution is 2.25. The van der Waals surface area contributed by atoms with Gasteiger partial charge in [-0.3, -0.25) is 4.79 Å². The number of carbonyl (C=O) groups excluding carboxylic acids is 1. The van der Waals surface area contributed by atoms with E-state index in [0.29, 0.717) is 24.1 Å². The summed E-state index contributed by atoms with van der Waals surface area (Å²) in [6.45, 7) is 6.76. The van der Waals surface area contributed by atoms with Gasteiger partial charge in [0.15, 0.2) is 17.1 Å². The maximum Gasteiger partial charge on any atom is 0.316 e. The molecule has 0 spiro atoms. The van der Waals surface area contributed by atoms with E-state index < -0.39 is 0 Å². The van der Waals surface area contributed by atoms with Crippen molar-refractivity contribution in [2.75, 3.05) is 19.5 Å². The Labute approximate surface area is 151 Å². The number of rotatable bonds is 9. The molecule has 0 aliphatic carbocycles. The summed E-state index contributed by atoms with van der Waals surface area (Å²) in [4.78, 5) is 11.5. The smallest absolute Gasteiger partial charge is 0.316 e. The molecule has 1 unspecified atom stereocenters.